The number of aromatic nitrogens is 1. The number of benzene rings is 2. The van der Waals surface area contributed by atoms with Gasteiger partial charge in [-0.25, -0.2) is 4.39 Å². The van der Waals surface area contributed by atoms with E-state index in [0.717, 1.165) is 42.1 Å². The molecule has 0 unspecified atom stereocenters. The number of nitrogens with zero attached hydrogens (tertiary/aromatic N) is 1. The maximum Gasteiger partial charge on any atom is 0.170 e. The smallest absolute Gasteiger partial charge is 0.170 e. The van der Waals surface area contributed by atoms with E-state index in [0.29, 0.717) is 17.9 Å². The molecule has 4 rings (SSSR count). The zero-order valence-corrected chi connectivity index (χ0v) is 16.1. The number of rotatable bonds is 8. The van der Waals surface area contributed by atoms with Crippen molar-refractivity contribution in [2.75, 3.05) is 19.7 Å². The zero-order valence-electron chi connectivity index (χ0n) is 16.1. The Balaban J connectivity index is 1.23. The number of fused-ring (bicyclic) bond motifs is 1. The molecule has 28 heavy (non-hydrogen) atoms. The van der Waals surface area contributed by atoms with Crippen LogP contribution in [0.25, 0.3) is 22.2 Å². The molecule has 1 saturated carbocycles. The van der Waals surface area contributed by atoms with E-state index < -0.39 is 0 Å². The second-order valence-electron chi connectivity index (χ2n) is 7.61. The summed E-state index contributed by atoms with van der Waals surface area (Å²) in [5.41, 5.74) is 2.09. The predicted molar refractivity (Wildman–Crippen MR) is 109 cm³/mol. The number of hydrogen-bond acceptors (Lipinski definition) is 4. The van der Waals surface area contributed by atoms with Crippen LogP contribution in [0.2, 0.25) is 0 Å². The van der Waals surface area contributed by atoms with Crippen molar-refractivity contribution in [3.63, 3.8) is 0 Å². The molecule has 4 nitrogen and oxygen atoms in total. The molecule has 1 aromatic heterocycles. The van der Waals surface area contributed by atoms with Crippen molar-refractivity contribution in [3.05, 3.63) is 48.3 Å². The molecule has 0 aliphatic heterocycles. The van der Waals surface area contributed by atoms with Gasteiger partial charge in [-0.3, -0.25) is 0 Å². The van der Waals surface area contributed by atoms with Crippen molar-refractivity contribution in [1.29, 1.82) is 0 Å². The largest absolute Gasteiger partial charge is 0.494 e. The average Bonchev–Trinajstić information content (AvgIpc) is 3.15. The lowest BCUT2D eigenvalue weighted by Crippen LogP contribution is -2.26. The summed E-state index contributed by atoms with van der Waals surface area (Å²) in [6, 6.07) is 12.3. The van der Waals surface area contributed by atoms with Crippen LogP contribution in [0.3, 0.4) is 0 Å². The second-order valence-corrected chi connectivity index (χ2v) is 7.61. The van der Waals surface area contributed by atoms with Crippen LogP contribution in [0.5, 0.6) is 5.75 Å². The van der Waals surface area contributed by atoms with Crippen molar-refractivity contribution < 1.29 is 13.7 Å². The summed E-state index contributed by atoms with van der Waals surface area (Å²) >= 11 is 0. The maximum absolute atomic E-state index is 13.3. The monoisotopic (exact) mass is 382 g/mol. The van der Waals surface area contributed by atoms with Gasteiger partial charge in [0.2, 0.25) is 0 Å². The lowest BCUT2D eigenvalue weighted by molar-refractivity contribution is 0.299. The van der Waals surface area contributed by atoms with E-state index in [-0.39, 0.29) is 5.82 Å². The zero-order chi connectivity index (χ0) is 19.2. The van der Waals surface area contributed by atoms with Crippen LogP contribution in [-0.4, -0.2) is 24.9 Å². The van der Waals surface area contributed by atoms with Gasteiger partial charge in [-0.1, -0.05) is 24.4 Å². The second kappa shape index (κ2) is 9.20. The first-order valence-electron chi connectivity index (χ1n) is 10.3. The van der Waals surface area contributed by atoms with E-state index in [1.54, 1.807) is 6.07 Å². The first kappa shape index (κ1) is 18.9. The lowest BCUT2D eigenvalue weighted by atomic mass is 9.89. The van der Waals surface area contributed by atoms with Crippen LogP contribution >= 0.6 is 0 Å². The summed E-state index contributed by atoms with van der Waals surface area (Å²) in [4.78, 5) is 0. The van der Waals surface area contributed by atoms with E-state index in [4.69, 9.17) is 9.26 Å². The molecule has 0 radical (unpaired) electrons. The Morgan fingerprint density at radius 2 is 1.89 bits per heavy atom. The third-order valence-electron chi connectivity index (χ3n) is 5.49. The minimum atomic E-state index is -0.327. The number of halogens is 1. The topological polar surface area (TPSA) is 47.3 Å². The van der Waals surface area contributed by atoms with Gasteiger partial charge < -0.3 is 14.6 Å². The Bertz CT molecular complexity index is 885. The fourth-order valence-electron chi connectivity index (χ4n) is 3.91. The van der Waals surface area contributed by atoms with Gasteiger partial charge in [0.25, 0.3) is 0 Å². The Kier molecular flexibility index (Phi) is 6.22. The van der Waals surface area contributed by atoms with E-state index in [1.807, 2.05) is 24.3 Å². The summed E-state index contributed by atoms with van der Waals surface area (Å²) in [5.74, 6) is 1.38. The molecule has 0 spiro atoms. The highest BCUT2D eigenvalue weighted by atomic mass is 19.1. The molecule has 1 aliphatic rings. The Hall–Kier alpha value is -2.40. The van der Waals surface area contributed by atoms with Gasteiger partial charge in [0.15, 0.2) is 5.58 Å². The SMILES string of the molecule is Fc1ccc2c(-c3ccc(OCCCNCC4CCCCC4)cc3)noc2c1. The molecule has 1 heterocycles. The van der Waals surface area contributed by atoms with Gasteiger partial charge in [0.1, 0.15) is 17.3 Å². The first-order chi connectivity index (χ1) is 13.8. The summed E-state index contributed by atoms with van der Waals surface area (Å²) in [6.45, 7) is 2.84. The molecule has 2 aromatic carbocycles. The molecule has 148 valence electrons. The van der Waals surface area contributed by atoms with Gasteiger partial charge in [-0.05, 0) is 74.7 Å². The molecule has 0 bridgehead atoms. The third kappa shape index (κ3) is 4.71. The molecule has 1 N–H and O–H groups in total. The van der Waals surface area contributed by atoms with Gasteiger partial charge in [0.05, 0.1) is 6.61 Å². The van der Waals surface area contributed by atoms with E-state index in [2.05, 4.69) is 10.5 Å². The van der Waals surface area contributed by atoms with Crippen LogP contribution in [0.4, 0.5) is 4.39 Å². The number of ether oxygens (including phenoxy) is 1. The molecule has 3 aromatic rings. The molecule has 0 amide bonds. The third-order valence-corrected chi connectivity index (χ3v) is 5.49. The number of nitrogens with one attached hydrogen (secondary N) is 1. The Morgan fingerprint density at radius 1 is 1.07 bits per heavy atom. The van der Waals surface area contributed by atoms with Gasteiger partial charge in [-0.2, -0.15) is 0 Å². The maximum atomic E-state index is 13.3. The Labute approximate surface area is 165 Å². The van der Waals surface area contributed by atoms with Crippen LogP contribution in [0.15, 0.2) is 47.0 Å². The van der Waals surface area contributed by atoms with E-state index in [9.17, 15) is 4.39 Å². The minimum absolute atomic E-state index is 0.327. The highest BCUT2D eigenvalue weighted by Gasteiger charge is 2.13. The van der Waals surface area contributed by atoms with Crippen LogP contribution in [0, 0.1) is 11.7 Å². The average molecular weight is 382 g/mol. The molecule has 0 saturated heterocycles. The van der Waals surface area contributed by atoms with Gasteiger partial charge in [-0.15, -0.1) is 0 Å². The molecule has 5 heteroatoms. The fourth-order valence-corrected chi connectivity index (χ4v) is 3.91. The molecule has 0 atom stereocenters. The Morgan fingerprint density at radius 3 is 2.71 bits per heavy atom. The predicted octanol–water partition coefficient (Wildman–Crippen LogP) is 5.57. The molecule has 1 fully saturated rings. The van der Waals surface area contributed by atoms with Gasteiger partial charge >= 0.3 is 0 Å². The van der Waals surface area contributed by atoms with Crippen molar-refractivity contribution in [1.82, 2.24) is 10.5 Å². The summed E-state index contributed by atoms with van der Waals surface area (Å²) in [5, 5.41) is 8.45. The minimum Gasteiger partial charge on any atom is -0.494 e. The quantitative estimate of drug-likeness (QED) is 0.517. The standard InChI is InChI=1S/C23H27FN2O2/c24-19-9-12-21-22(15-19)28-26-23(21)18-7-10-20(11-8-18)27-14-4-13-25-16-17-5-2-1-3-6-17/h7-12,15,17,25H,1-6,13-14,16H2. The summed E-state index contributed by atoms with van der Waals surface area (Å²) in [6.07, 6.45) is 7.96. The van der Waals surface area contributed by atoms with Crippen molar-refractivity contribution >= 4 is 11.0 Å². The summed E-state index contributed by atoms with van der Waals surface area (Å²) in [7, 11) is 0. The first-order valence-corrected chi connectivity index (χ1v) is 10.3. The normalized spacial score (nSPS) is 15.2. The van der Waals surface area contributed by atoms with Crippen LogP contribution in [0.1, 0.15) is 38.5 Å². The van der Waals surface area contributed by atoms with Crippen molar-refractivity contribution in [2.45, 2.75) is 38.5 Å². The lowest BCUT2D eigenvalue weighted by Gasteiger charge is -2.21. The molecule has 1 aliphatic carbocycles. The highest BCUT2D eigenvalue weighted by Crippen LogP contribution is 2.29. The van der Waals surface area contributed by atoms with Crippen molar-refractivity contribution in [3.8, 4) is 17.0 Å². The summed E-state index contributed by atoms with van der Waals surface area (Å²) < 4.78 is 24.4. The van der Waals surface area contributed by atoms with Gasteiger partial charge in [0, 0.05) is 17.0 Å². The number of hydrogen-bond donors (Lipinski definition) is 1. The van der Waals surface area contributed by atoms with E-state index in [1.165, 1.54) is 44.2 Å². The fraction of sp³-hybridized carbons (Fsp3) is 0.435. The molecular weight excluding hydrogens is 355 g/mol. The van der Waals surface area contributed by atoms with Crippen molar-refractivity contribution in [2.24, 2.45) is 5.92 Å². The van der Waals surface area contributed by atoms with Crippen LogP contribution < -0.4 is 10.1 Å². The van der Waals surface area contributed by atoms with Crippen LogP contribution in [-0.2, 0) is 0 Å². The molecular formula is C23H27FN2O2. The van der Waals surface area contributed by atoms with E-state index >= 15 is 0 Å². The highest BCUT2D eigenvalue weighted by molar-refractivity contribution is 5.91.